The molecule has 0 heterocycles. The van der Waals surface area contributed by atoms with Crippen LogP contribution in [-0.2, 0) is 0 Å². The Kier molecular flexibility index (Phi) is 4.73. The van der Waals surface area contributed by atoms with E-state index in [1.54, 1.807) is 18.2 Å². The summed E-state index contributed by atoms with van der Waals surface area (Å²) in [7, 11) is 0. The molecule has 0 aliphatic rings. The lowest BCUT2D eigenvalue weighted by molar-refractivity contribution is 0.0676. The summed E-state index contributed by atoms with van der Waals surface area (Å²) in [5, 5.41) is 3.60. The summed E-state index contributed by atoms with van der Waals surface area (Å²) in [6, 6.07) is 23.1. The van der Waals surface area contributed by atoms with Crippen LogP contribution in [0.5, 0.6) is 0 Å². The first-order valence-corrected chi connectivity index (χ1v) is 7.93. The molecule has 1 amide bonds. The third-order valence-electron chi connectivity index (χ3n) is 4.14. The molecule has 0 unspecified atom stereocenters. The van der Waals surface area contributed by atoms with Crippen molar-refractivity contribution in [3.63, 3.8) is 0 Å². The maximum absolute atomic E-state index is 12.7. The van der Waals surface area contributed by atoms with Crippen LogP contribution in [-0.4, -0.2) is 10.9 Å². The molecule has 3 rings (SSSR count). The number of amides is 1. The van der Waals surface area contributed by atoms with Gasteiger partial charge in [-0.3, -0.25) is 9.80 Å². The van der Waals surface area contributed by atoms with Crippen molar-refractivity contribution in [3.05, 3.63) is 96.6 Å². The third-order valence-corrected chi connectivity index (χ3v) is 4.14. The minimum absolute atomic E-state index is 0.199. The molecule has 0 spiro atoms. The van der Waals surface area contributed by atoms with Crippen LogP contribution in [0, 0.1) is 0 Å². The van der Waals surface area contributed by atoms with Crippen molar-refractivity contribution in [1.29, 1.82) is 0 Å². The van der Waals surface area contributed by atoms with Crippen molar-refractivity contribution in [3.8, 4) is 0 Å². The summed E-state index contributed by atoms with van der Waals surface area (Å²) >= 11 is 0. The van der Waals surface area contributed by atoms with Gasteiger partial charge in [0.15, 0.2) is 0 Å². The van der Waals surface area contributed by atoms with E-state index in [2.05, 4.69) is 30.8 Å². The molecule has 3 aromatic carbocycles. The first-order chi connectivity index (χ1) is 11.7. The highest BCUT2D eigenvalue weighted by Gasteiger charge is 2.22. The fraction of sp³-hybridized carbons (Fsp3) is 0.0952. The molecule has 0 saturated heterocycles. The highest BCUT2D eigenvalue weighted by atomic mass is 16.2. The molecule has 3 aromatic rings. The minimum atomic E-state index is -0.250. The number of nitrogens with two attached hydrogens (primary N) is 1. The lowest BCUT2D eigenvalue weighted by Crippen LogP contribution is -2.40. The van der Waals surface area contributed by atoms with E-state index in [9.17, 15) is 4.79 Å². The van der Waals surface area contributed by atoms with Crippen LogP contribution in [0.4, 0.5) is 0 Å². The van der Waals surface area contributed by atoms with Gasteiger partial charge in [-0.05, 0) is 41.0 Å². The van der Waals surface area contributed by atoms with Crippen molar-refractivity contribution in [1.82, 2.24) is 5.01 Å². The summed E-state index contributed by atoms with van der Waals surface area (Å²) in [5.41, 5.74) is 1.58. The molecule has 0 aliphatic carbocycles. The van der Waals surface area contributed by atoms with Crippen LogP contribution in [0.15, 0.2) is 85.5 Å². The number of hydrazine groups is 1. The monoisotopic (exact) mass is 316 g/mol. The molecule has 0 radical (unpaired) electrons. The number of benzene rings is 3. The van der Waals surface area contributed by atoms with Gasteiger partial charge >= 0.3 is 0 Å². The zero-order valence-electron chi connectivity index (χ0n) is 13.4. The molecule has 2 N–H and O–H groups in total. The van der Waals surface area contributed by atoms with Gasteiger partial charge < -0.3 is 0 Å². The summed E-state index contributed by atoms with van der Waals surface area (Å²) in [6.07, 6.45) is 2.38. The maximum Gasteiger partial charge on any atom is 0.268 e. The van der Waals surface area contributed by atoms with Crippen LogP contribution in [0.1, 0.15) is 28.4 Å². The van der Waals surface area contributed by atoms with Gasteiger partial charge in [-0.2, -0.15) is 0 Å². The molecule has 0 aromatic heterocycles. The molecule has 3 heteroatoms. The molecular weight excluding hydrogens is 296 g/mol. The maximum atomic E-state index is 12.7. The van der Waals surface area contributed by atoms with E-state index in [4.69, 9.17) is 5.84 Å². The predicted octanol–water partition coefficient (Wildman–Crippen LogP) is 4.47. The van der Waals surface area contributed by atoms with Crippen molar-refractivity contribution < 1.29 is 4.79 Å². The van der Waals surface area contributed by atoms with E-state index in [-0.39, 0.29) is 11.9 Å². The number of hydrogen-bond donors (Lipinski definition) is 1. The predicted molar refractivity (Wildman–Crippen MR) is 98.3 cm³/mol. The van der Waals surface area contributed by atoms with E-state index in [0.717, 1.165) is 16.3 Å². The smallest absolute Gasteiger partial charge is 0.268 e. The normalized spacial score (nSPS) is 11.9. The molecule has 1 atom stereocenters. The van der Waals surface area contributed by atoms with Crippen molar-refractivity contribution in [2.45, 2.75) is 12.5 Å². The Morgan fingerprint density at radius 2 is 1.67 bits per heavy atom. The van der Waals surface area contributed by atoms with E-state index in [1.807, 2.05) is 36.4 Å². The largest absolute Gasteiger partial charge is 0.269 e. The third kappa shape index (κ3) is 3.21. The van der Waals surface area contributed by atoms with Crippen LogP contribution >= 0.6 is 0 Å². The van der Waals surface area contributed by atoms with Gasteiger partial charge in [0.05, 0.1) is 6.04 Å². The number of carbonyl (C=O) groups excluding carboxylic acids is 1. The molecular formula is C21H20N2O. The van der Waals surface area contributed by atoms with Gasteiger partial charge in [0.25, 0.3) is 5.91 Å². The lowest BCUT2D eigenvalue weighted by atomic mass is 9.98. The van der Waals surface area contributed by atoms with Crippen molar-refractivity contribution in [2.24, 2.45) is 5.84 Å². The van der Waals surface area contributed by atoms with Gasteiger partial charge in [-0.25, -0.2) is 5.84 Å². The van der Waals surface area contributed by atoms with E-state index in [0.29, 0.717) is 12.0 Å². The van der Waals surface area contributed by atoms with Crippen LogP contribution in [0.3, 0.4) is 0 Å². The Bertz CT molecular complexity index is 858. The second-order valence-corrected chi connectivity index (χ2v) is 5.73. The molecule has 0 aliphatic heterocycles. The number of hydrogen-bond acceptors (Lipinski definition) is 2. The molecule has 120 valence electrons. The molecule has 24 heavy (non-hydrogen) atoms. The Labute approximate surface area is 142 Å². The fourth-order valence-electron chi connectivity index (χ4n) is 2.85. The summed E-state index contributed by atoms with van der Waals surface area (Å²) in [6.45, 7) is 3.81. The first-order valence-electron chi connectivity index (χ1n) is 7.93. The SMILES string of the molecule is C=CC[C@H](c1ccc2ccccc2c1)N(N)C(=O)c1ccccc1. The number of rotatable bonds is 5. The van der Waals surface area contributed by atoms with Gasteiger partial charge in [0, 0.05) is 5.56 Å². The Balaban J connectivity index is 1.95. The van der Waals surface area contributed by atoms with Crippen LogP contribution in [0.2, 0.25) is 0 Å². The zero-order chi connectivity index (χ0) is 16.9. The number of carbonyl (C=O) groups is 1. The standard InChI is InChI=1S/C21H20N2O/c1-2-8-20(23(22)21(24)17-10-4-3-5-11-17)19-14-13-16-9-6-7-12-18(16)15-19/h2-7,9-15,20H,1,8,22H2/t20-/m1/s1. The summed E-state index contributed by atoms with van der Waals surface area (Å²) < 4.78 is 0. The van der Waals surface area contributed by atoms with Crippen LogP contribution in [0.25, 0.3) is 10.8 Å². The zero-order valence-corrected chi connectivity index (χ0v) is 13.4. The lowest BCUT2D eigenvalue weighted by Gasteiger charge is -2.27. The van der Waals surface area contributed by atoms with Gasteiger partial charge in [-0.1, -0.05) is 60.7 Å². The summed E-state index contributed by atoms with van der Waals surface area (Å²) in [5.74, 6) is 5.99. The van der Waals surface area contributed by atoms with Crippen LogP contribution < -0.4 is 5.84 Å². The van der Waals surface area contributed by atoms with E-state index >= 15 is 0 Å². The molecule has 0 bridgehead atoms. The molecule has 3 nitrogen and oxygen atoms in total. The highest BCUT2D eigenvalue weighted by Crippen LogP contribution is 2.27. The number of fused-ring (bicyclic) bond motifs is 1. The topological polar surface area (TPSA) is 46.3 Å². The van der Waals surface area contributed by atoms with E-state index in [1.165, 1.54) is 5.01 Å². The number of nitrogens with zero attached hydrogens (tertiary/aromatic N) is 1. The molecule has 0 fully saturated rings. The van der Waals surface area contributed by atoms with Crippen molar-refractivity contribution in [2.75, 3.05) is 0 Å². The average molecular weight is 316 g/mol. The van der Waals surface area contributed by atoms with Gasteiger partial charge in [-0.15, -0.1) is 6.58 Å². The Morgan fingerprint density at radius 1 is 1.00 bits per heavy atom. The van der Waals surface area contributed by atoms with E-state index < -0.39 is 0 Å². The Morgan fingerprint density at radius 3 is 2.38 bits per heavy atom. The average Bonchev–Trinajstić information content (AvgIpc) is 2.65. The van der Waals surface area contributed by atoms with Gasteiger partial charge in [0.1, 0.15) is 0 Å². The highest BCUT2D eigenvalue weighted by molar-refractivity contribution is 5.94. The summed E-state index contributed by atoms with van der Waals surface area (Å²) in [4.78, 5) is 12.7. The first kappa shape index (κ1) is 16.0. The fourth-order valence-corrected chi connectivity index (χ4v) is 2.85. The minimum Gasteiger partial charge on any atom is -0.269 e. The second kappa shape index (κ2) is 7.11. The molecule has 0 saturated carbocycles. The van der Waals surface area contributed by atoms with Gasteiger partial charge in [0.2, 0.25) is 0 Å². The second-order valence-electron chi connectivity index (χ2n) is 5.73. The Hall–Kier alpha value is -2.91. The quantitative estimate of drug-likeness (QED) is 0.327. The van der Waals surface area contributed by atoms with Crippen molar-refractivity contribution >= 4 is 16.7 Å².